The van der Waals surface area contributed by atoms with Crippen molar-refractivity contribution in [1.82, 2.24) is 0 Å². The quantitative estimate of drug-likeness (QED) is 0.254. The maximum Gasteiger partial charge on any atom is 0.348 e. The second-order valence-corrected chi connectivity index (χ2v) is 9.61. The van der Waals surface area contributed by atoms with Gasteiger partial charge in [-0.15, -0.1) is 0 Å². The van der Waals surface area contributed by atoms with E-state index in [4.69, 9.17) is 28.4 Å². The number of rotatable bonds is 10. The number of ether oxygens (including phenoxy) is 6. The number of epoxide rings is 1. The first-order valence-corrected chi connectivity index (χ1v) is 11.9. The van der Waals surface area contributed by atoms with Gasteiger partial charge in [0.1, 0.15) is 12.2 Å². The summed E-state index contributed by atoms with van der Waals surface area (Å²) in [6.45, 7) is 10.1. The molecule has 1 fully saturated rings. The second kappa shape index (κ2) is 10.8. The summed E-state index contributed by atoms with van der Waals surface area (Å²) in [5.41, 5.74) is 0.250. The Kier molecular flexibility index (Phi) is 8.25. The summed E-state index contributed by atoms with van der Waals surface area (Å²) in [6, 6.07) is 0. The molecule has 10 heteroatoms. The SMILES string of the molecule is CC[C@@H](C)CC(=O)O[C@@H]1OC=C(COC(=O)[C@H](OC(C)=O)C(C)C)C2=C[C@H](OC(C)=O)[C@@]3(CO3)[C@H]21. The minimum absolute atomic E-state index is 0.154. The van der Waals surface area contributed by atoms with Crippen LogP contribution in [-0.4, -0.2) is 61.2 Å². The standard InChI is InChI=1S/C25H34O10/c1-7-14(4)8-20(28)35-24-21-18(9-19(33-15(5)26)25(21)12-32-25)17(11-31-24)10-30-23(29)22(13(2)3)34-16(6)27/h9,11,13-14,19,21-22,24H,7-8,10,12H2,1-6H3/t14-,19+,21-,22-,24+,25+/m1/s1. The number of fused-ring (bicyclic) bond motifs is 2. The largest absolute Gasteiger partial charge is 0.461 e. The summed E-state index contributed by atoms with van der Waals surface area (Å²) in [5.74, 6) is -2.86. The number of hydrogen-bond acceptors (Lipinski definition) is 10. The van der Waals surface area contributed by atoms with Crippen molar-refractivity contribution >= 4 is 23.9 Å². The molecule has 0 saturated carbocycles. The highest BCUT2D eigenvalue weighted by Crippen LogP contribution is 2.54. The van der Waals surface area contributed by atoms with E-state index >= 15 is 0 Å². The van der Waals surface area contributed by atoms with Crippen LogP contribution >= 0.6 is 0 Å². The van der Waals surface area contributed by atoms with Crippen molar-refractivity contribution in [3.8, 4) is 0 Å². The molecule has 0 aromatic heterocycles. The van der Waals surface area contributed by atoms with Gasteiger partial charge in [0.15, 0.2) is 6.10 Å². The minimum Gasteiger partial charge on any atom is -0.461 e. The molecule has 2 aliphatic heterocycles. The van der Waals surface area contributed by atoms with Crippen molar-refractivity contribution < 1.29 is 47.6 Å². The summed E-state index contributed by atoms with van der Waals surface area (Å²) >= 11 is 0. The molecule has 10 nitrogen and oxygen atoms in total. The van der Waals surface area contributed by atoms with Crippen molar-refractivity contribution in [3.63, 3.8) is 0 Å². The fourth-order valence-corrected chi connectivity index (χ4v) is 4.25. The first-order valence-electron chi connectivity index (χ1n) is 11.9. The van der Waals surface area contributed by atoms with E-state index in [0.717, 1.165) is 6.42 Å². The van der Waals surface area contributed by atoms with Gasteiger partial charge in [0.05, 0.1) is 18.8 Å². The number of esters is 4. The van der Waals surface area contributed by atoms with Crippen LogP contribution < -0.4 is 0 Å². The van der Waals surface area contributed by atoms with E-state index in [1.807, 2.05) is 13.8 Å². The maximum atomic E-state index is 12.6. The molecule has 0 aromatic carbocycles. The highest BCUT2D eigenvalue weighted by molar-refractivity contribution is 5.79. The van der Waals surface area contributed by atoms with E-state index in [1.54, 1.807) is 19.9 Å². The van der Waals surface area contributed by atoms with Crippen molar-refractivity contribution in [2.24, 2.45) is 17.8 Å². The third-order valence-corrected chi connectivity index (χ3v) is 6.39. The second-order valence-electron chi connectivity index (χ2n) is 9.61. The zero-order valence-corrected chi connectivity index (χ0v) is 21.0. The Labute approximate surface area is 204 Å². The molecular formula is C25H34O10. The molecule has 0 unspecified atom stereocenters. The van der Waals surface area contributed by atoms with E-state index < -0.39 is 53.9 Å². The summed E-state index contributed by atoms with van der Waals surface area (Å²) < 4.78 is 33.2. The normalized spacial score (nSPS) is 28.1. The van der Waals surface area contributed by atoms with Crippen LogP contribution in [0.3, 0.4) is 0 Å². The molecule has 0 bridgehead atoms. The zero-order chi connectivity index (χ0) is 25.9. The highest BCUT2D eigenvalue weighted by Gasteiger charge is 2.67. The van der Waals surface area contributed by atoms with Crippen molar-refractivity contribution in [2.45, 2.75) is 78.5 Å². The lowest BCUT2D eigenvalue weighted by molar-refractivity contribution is -0.186. The van der Waals surface area contributed by atoms with E-state index in [9.17, 15) is 19.2 Å². The summed E-state index contributed by atoms with van der Waals surface area (Å²) in [5, 5.41) is 0. The van der Waals surface area contributed by atoms with Gasteiger partial charge in [-0.2, -0.15) is 0 Å². The molecule has 0 amide bonds. The molecule has 3 rings (SSSR count). The maximum absolute atomic E-state index is 12.6. The van der Waals surface area contributed by atoms with Gasteiger partial charge < -0.3 is 28.4 Å². The van der Waals surface area contributed by atoms with Gasteiger partial charge in [0, 0.05) is 31.8 Å². The molecule has 2 heterocycles. The number of carbonyl (C=O) groups is 4. The van der Waals surface area contributed by atoms with Crippen LogP contribution in [0.1, 0.15) is 54.4 Å². The van der Waals surface area contributed by atoms with E-state index in [2.05, 4.69) is 0 Å². The zero-order valence-electron chi connectivity index (χ0n) is 21.0. The lowest BCUT2D eigenvalue weighted by Crippen LogP contribution is -2.44. The Hall–Kier alpha value is -2.88. The first kappa shape index (κ1) is 26.7. The van der Waals surface area contributed by atoms with Gasteiger partial charge in [-0.3, -0.25) is 14.4 Å². The van der Waals surface area contributed by atoms with Crippen LogP contribution in [0, 0.1) is 17.8 Å². The fraction of sp³-hybridized carbons (Fsp3) is 0.680. The van der Waals surface area contributed by atoms with Crippen molar-refractivity contribution in [1.29, 1.82) is 0 Å². The average molecular weight is 495 g/mol. The minimum atomic E-state index is -1.05. The topological polar surface area (TPSA) is 127 Å². The Bertz CT molecular complexity index is 913. The number of carbonyl (C=O) groups excluding carboxylic acids is 4. The van der Waals surface area contributed by atoms with Crippen LogP contribution in [-0.2, 0) is 47.6 Å². The monoisotopic (exact) mass is 494 g/mol. The smallest absolute Gasteiger partial charge is 0.348 e. The fourth-order valence-electron chi connectivity index (χ4n) is 4.25. The molecule has 35 heavy (non-hydrogen) atoms. The third-order valence-electron chi connectivity index (χ3n) is 6.39. The Morgan fingerprint density at radius 1 is 1.11 bits per heavy atom. The number of hydrogen-bond donors (Lipinski definition) is 0. The summed E-state index contributed by atoms with van der Waals surface area (Å²) in [4.78, 5) is 48.2. The lowest BCUT2D eigenvalue weighted by Gasteiger charge is -2.33. The van der Waals surface area contributed by atoms with Gasteiger partial charge in [0.25, 0.3) is 6.29 Å². The van der Waals surface area contributed by atoms with E-state index in [1.165, 1.54) is 20.1 Å². The molecule has 1 spiro atoms. The molecule has 1 aliphatic carbocycles. The van der Waals surface area contributed by atoms with Gasteiger partial charge in [-0.1, -0.05) is 34.1 Å². The molecule has 1 saturated heterocycles. The molecule has 0 radical (unpaired) electrons. The molecule has 3 aliphatic rings. The van der Waals surface area contributed by atoms with Gasteiger partial charge in [0.2, 0.25) is 6.10 Å². The van der Waals surface area contributed by atoms with Crippen molar-refractivity contribution in [3.05, 3.63) is 23.5 Å². The lowest BCUT2D eigenvalue weighted by atomic mass is 9.85. The van der Waals surface area contributed by atoms with Crippen LogP contribution in [0.5, 0.6) is 0 Å². The van der Waals surface area contributed by atoms with Gasteiger partial charge >= 0.3 is 23.9 Å². The van der Waals surface area contributed by atoms with Crippen LogP contribution in [0.15, 0.2) is 23.5 Å². The molecule has 6 atom stereocenters. The Balaban J connectivity index is 1.79. The first-order chi connectivity index (χ1) is 16.5. The van der Waals surface area contributed by atoms with Crippen LogP contribution in [0.25, 0.3) is 0 Å². The van der Waals surface area contributed by atoms with Crippen molar-refractivity contribution in [2.75, 3.05) is 13.2 Å². The van der Waals surface area contributed by atoms with E-state index in [0.29, 0.717) is 11.1 Å². The Morgan fingerprint density at radius 2 is 1.80 bits per heavy atom. The van der Waals surface area contributed by atoms with Gasteiger partial charge in [-0.25, -0.2) is 4.79 Å². The predicted octanol–water partition coefficient (Wildman–Crippen LogP) is 2.59. The molecule has 0 aromatic rings. The summed E-state index contributed by atoms with van der Waals surface area (Å²) in [6.07, 6.45) is 1.43. The Morgan fingerprint density at radius 3 is 2.34 bits per heavy atom. The van der Waals surface area contributed by atoms with Crippen LogP contribution in [0.2, 0.25) is 0 Å². The third kappa shape index (κ3) is 6.04. The molecule has 194 valence electrons. The average Bonchev–Trinajstić information content (AvgIpc) is 3.50. The van der Waals surface area contributed by atoms with Crippen LogP contribution in [0.4, 0.5) is 0 Å². The highest BCUT2D eigenvalue weighted by atomic mass is 16.7. The predicted molar refractivity (Wildman–Crippen MR) is 120 cm³/mol. The molecular weight excluding hydrogens is 460 g/mol. The van der Waals surface area contributed by atoms with E-state index in [-0.39, 0.29) is 31.5 Å². The summed E-state index contributed by atoms with van der Waals surface area (Å²) in [7, 11) is 0. The molecule has 0 N–H and O–H groups in total. The van der Waals surface area contributed by atoms with Gasteiger partial charge in [-0.05, 0) is 17.6 Å².